The lowest BCUT2D eigenvalue weighted by atomic mass is 10.1. The van der Waals surface area contributed by atoms with Gasteiger partial charge in [-0.1, -0.05) is 26.5 Å². The predicted molar refractivity (Wildman–Crippen MR) is 74.8 cm³/mol. The van der Waals surface area contributed by atoms with Crippen molar-refractivity contribution >= 4 is 0 Å². The van der Waals surface area contributed by atoms with Gasteiger partial charge >= 0.3 is 0 Å². The molecular formula is C15H21NO3. The summed E-state index contributed by atoms with van der Waals surface area (Å²) in [6.07, 6.45) is 1.72. The van der Waals surface area contributed by atoms with Crippen LogP contribution in [0.4, 0.5) is 0 Å². The fraction of sp³-hybridized carbons (Fsp3) is 0.467. The highest BCUT2D eigenvalue weighted by molar-refractivity contribution is 5.52. The second-order valence-electron chi connectivity index (χ2n) is 4.91. The first-order valence-corrected chi connectivity index (χ1v) is 6.55. The fourth-order valence-electron chi connectivity index (χ4n) is 1.78. The zero-order valence-corrected chi connectivity index (χ0v) is 11.7. The SMILES string of the molecule is C=CC(C)Oc1cc2c(cc1CNC(C)C)OCO2. The van der Waals surface area contributed by atoms with Crippen molar-refractivity contribution in [1.29, 1.82) is 0 Å². The lowest BCUT2D eigenvalue weighted by Crippen LogP contribution is -2.22. The molecule has 4 nitrogen and oxygen atoms in total. The highest BCUT2D eigenvalue weighted by atomic mass is 16.7. The molecule has 1 heterocycles. The van der Waals surface area contributed by atoms with Gasteiger partial charge in [-0.15, -0.1) is 0 Å². The quantitative estimate of drug-likeness (QED) is 0.801. The molecule has 1 aromatic carbocycles. The maximum absolute atomic E-state index is 5.86. The average molecular weight is 263 g/mol. The standard InChI is InChI=1S/C15H21NO3/c1-5-11(4)19-13-7-15-14(17-9-18-15)6-12(13)8-16-10(2)3/h5-7,10-11,16H,1,8-9H2,2-4H3. The lowest BCUT2D eigenvalue weighted by Gasteiger charge is -2.17. The Kier molecular flexibility index (Phi) is 4.32. The van der Waals surface area contributed by atoms with Gasteiger partial charge in [-0.2, -0.15) is 0 Å². The normalized spacial score (nSPS) is 14.5. The van der Waals surface area contributed by atoms with Gasteiger partial charge in [0.25, 0.3) is 0 Å². The fourth-order valence-corrected chi connectivity index (χ4v) is 1.78. The summed E-state index contributed by atoms with van der Waals surface area (Å²) in [4.78, 5) is 0. The van der Waals surface area contributed by atoms with Crippen molar-refractivity contribution in [2.75, 3.05) is 6.79 Å². The van der Waals surface area contributed by atoms with Crippen molar-refractivity contribution in [3.8, 4) is 17.2 Å². The van der Waals surface area contributed by atoms with Crippen LogP contribution >= 0.6 is 0 Å². The third-order valence-electron chi connectivity index (χ3n) is 2.90. The smallest absolute Gasteiger partial charge is 0.231 e. The molecule has 1 unspecified atom stereocenters. The van der Waals surface area contributed by atoms with Crippen LogP contribution in [0.3, 0.4) is 0 Å². The third-order valence-corrected chi connectivity index (χ3v) is 2.90. The maximum Gasteiger partial charge on any atom is 0.231 e. The Morgan fingerprint density at radius 2 is 2.00 bits per heavy atom. The first-order chi connectivity index (χ1) is 9.10. The van der Waals surface area contributed by atoms with Crippen LogP contribution in [0.2, 0.25) is 0 Å². The van der Waals surface area contributed by atoms with E-state index < -0.39 is 0 Å². The van der Waals surface area contributed by atoms with Crippen molar-refractivity contribution in [2.45, 2.75) is 39.5 Å². The number of hydrogen-bond acceptors (Lipinski definition) is 4. The molecule has 1 atom stereocenters. The summed E-state index contributed by atoms with van der Waals surface area (Å²) in [5, 5.41) is 3.38. The Hall–Kier alpha value is -1.68. The van der Waals surface area contributed by atoms with E-state index in [-0.39, 0.29) is 12.9 Å². The van der Waals surface area contributed by atoms with Gasteiger partial charge in [0, 0.05) is 24.2 Å². The zero-order valence-electron chi connectivity index (χ0n) is 11.7. The largest absolute Gasteiger partial charge is 0.486 e. The summed E-state index contributed by atoms with van der Waals surface area (Å²) in [5.41, 5.74) is 1.06. The number of hydrogen-bond donors (Lipinski definition) is 1. The molecule has 19 heavy (non-hydrogen) atoms. The van der Waals surface area contributed by atoms with Gasteiger partial charge in [-0.25, -0.2) is 0 Å². The number of ether oxygens (including phenoxy) is 3. The summed E-state index contributed by atoms with van der Waals surface area (Å²) in [7, 11) is 0. The van der Waals surface area contributed by atoms with E-state index in [4.69, 9.17) is 14.2 Å². The lowest BCUT2D eigenvalue weighted by molar-refractivity contribution is 0.173. The zero-order chi connectivity index (χ0) is 13.8. The van der Waals surface area contributed by atoms with Gasteiger partial charge in [0.05, 0.1) is 0 Å². The molecule has 2 rings (SSSR count). The van der Waals surface area contributed by atoms with Crippen molar-refractivity contribution in [3.05, 3.63) is 30.4 Å². The van der Waals surface area contributed by atoms with Gasteiger partial charge in [-0.05, 0) is 13.0 Å². The second kappa shape index (κ2) is 5.97. The van der Waals surface area contributed by atoms with Gasteiger partial charge in [-0.3, -0.25) is 0 Å². The van der Waals surface area contributed by atoms with E-state index in [1.807, 2.05) is 19.1 Å². The molecule has 0 amide bonds. The summed E-state index contributed by atoms with van der Waals surface area (Å²) in [6.45, 7) is 10.9. The summed E-state index contributed by atoms with van der Waals surface area (Å²) in [6, 6.07) is 4.28. The van der Waals surface area contributed by atoms with Gasteiger partial charge in [0.15, 0.2) is 11.5 Å². The molecule has 1 aliphatic heterocycles. The van der Waals surface area contributed by atoms with Gasteiger partial charge < -0.3 is 19.5 Å². The molecule has 1 aromatic rings. The number of fused-ring (bicyclic) bond motifs is 1. The molecule has 0 aliphatic carbocycles. The monoisotopic (exact) mass is 263 g/mol. The molecule has 4 heteroatoms. The Morgan fingerprint density at radius 3 is 2.63 bits per heavy atom. The second-order valence-corrected chi connectivity index (χ2v) is 4.91. The van der Waals surface area contributed by atoms with Crippen LogP contribution < -0.4 is 19.5 Å². The van der Waals surface area contributed by atoms with Crippen LogP contribution in [0.25, 0.3) is 0 Å². The highest BCUT2D eigenvalue weighted by Gasteiger charge is 2.18. The van der Waals surface area contributed by atoms with E-state index >= 15 is 0 Å². The third kappa shape index (κ3) is 3.41. The minimum absolute atomic E-state index is 0.0434. The molecule has 104 valence electrons. The number of benzene rings is 1. The Morgan fingerprint density at radius 1 is 1.32 bits per heavy atom. The summed E-state index contributed by atoms with van der Waals surface area (Å²) >= 11 is 0. The van der Waals surface area contributed by atoms with E-state index in [1.165, 1.54) is 0 Å². The van der Waals surface area contributed by atoms with E-state index in [0.29, 0.717) is 6.04 Å². The molecule has 0 saturated carbocycles. The summed E-state index contributed by atoms with van der Waals surface area (Å²) in [5.74, 6) is 2.32. The van der Waals surface area contributed by atoms with E-state index in [2.05, 4.69) is 25.7 Å². The van der Waals surface area contributed by atoms with Crippen LogP contribution in [0.15, 0.2) is 24.8 Å². The van der Waals surface area contributed by atoms with Gasteiger partial charge in [0.1, 0.15) is 11.9 Å². The maximum atomic E-state index is 5.86. The topological polar surface area (TPSA) is 39.7 Å². The predicted octanol–water partition coefficient (Wildman–Crippen LogP) is 2.87. The molecule has 0 aromatic heterocycles. The van der Waals surface area contributed by atoms with Crippen LogP contribution in [0, 0.1) is 0 Å². The van der Waals surface area contributed by atoms with Gasteiger partial charge in [0.2, 0.25) is 6.79 Å². The highest BCUT2D eigenvalue weighted by Crippen LogP contribution is 2.38. The molecule has 1 aliphatic rings. The van der Waals surface area contributed by atoms with Crippen molar-refractivity contribution in [2.24, 2.45) is 0 Å². The number of nitrogens with one attached hydrogen (secondary N) is 1. The van der Waals surface area contributed by atoms with Crippen LogP contribution in [-0.2, 0) is 6.54 Å². The van der Waals surface area contributed by atoms with Crippen molar-refractivity contribution < 1.29 is 14.2 Å². The van der Waals surface area contributed by atoms with E-state index in [0.717, 1.165) is 29.4 Å². The first kappa shape index (κ1) is 13.7. The molecule has 0 radical (unpaired) electrons. The minimum atomic E-state index is -0.0434. The molecule has 1 N–H and O–H groups in total. The Balaban J connectivity index is 2.24. The average Bonchev–Trinajstić information content (AvgIpc) is 2.82. The van der Waals surface area contributed by atoms with Crippen molar-refractivity contribution in [1.82, 2.24) is 5.32 Å². The molecular weight excluding hydrogens is 242 g/mol. The molecule has 0 bridgehead atoms. The molecule has 0 spiro atoms. The Bertz CT molecular complexity index is 457. The van der Waals surface area contributed by atoms with Crippen molar-refractivity contribution in [3.63, 3.8) is 0 Å². The van der Waals surface area contributed by atoms with E-state index in [1.54, 1.807) is 6.08 Å². The summed E-state index contributed by atoms with van der Waals surface area (Å²) < 4.78 is 16.7. The van der Waals surface area contributed by atoms with Crippen LogP contribution in [-0.4, -0.2) is 18.9 Å². The van der Waals surface area contributed by atoms with Crippen LogP contribution in [0.1, 0.15) is 26.3 Å². The van der Waals surface area contributed by atoms with Crippen LogP contribution in [0.5, 0.6) is 17.2 Å². The number of rotatable bonds is 6. The minimum Gasteiger partial charge on any atom is -0.486 e. The molecule has 0 saturated heterocycles. The first-order valence-electron chi connectivity index (χ1n) is 6.55. The van der Waals surface area contributed by atoms with E-state index in [9.17, 15) is 0 Å². The Labute approximate surface area is 114 Å². The molecule has 0 fully saturated rings.